The molecule has 5 nitrogen and oxygen atoms in total. The number of sulfone groups is 1. The molecule has 2 heterocycles. The molecule has 3 unspecified atom stereocenters. The van der Waals surface area contributed by atoms with Gasteiger partial charge in [0.2, 0.25) is 0 Å². The van der Waals surface area contributed by atoms with Crippen LogP contribution in [0.5, 0.6) is 0 Å². The van der Waals surface area contributed by atoms with Gasteiger partial charge in [-0.1, -0.05) is 0 Å². The Labute approximate surface area is 104 Å². The number of rotatable bonds is 4. The molecule has 0 radical (unpaired) electrons. The zero-order chi connectivity index (χ0) is 12.5. The van der Waals surface area contributed by atoms with Gasteiger partial charge in [0, 0.05) is 12.6 Å². The van der Waals surface area contributed by atoms with Crippen molar-refractivity contribution in [3.8, 4) is 0 Å². The summed E-state index contributed by atoms with van der Waals surface area (Å²) in [5.41, 5.74) is 0.804. The fraction of sp³-hybridized carbons (Fsp3) is 0.600. The first-order valence-electron chi connectivity index (χ1n) is 5.30. The largest absolute Gasteiger partial charge is 0.390 e. The second-order valence-electron chi connectivity index (χ2n) is 4.23. The van der Waals surface area contributed by atoms with Gasteiger partial charge in [-0.05, 0) is 22.4 Å². The van der Waals surface area contributed by atoms with Gasteiger partial charge in [0.1, 0.15) is 0 Å². The number of aliphatic hydroxyl groups is 2. The lowest BCUT2D eigenvalue weighted by Crippen LogP contribution is -2.40. The van der Waals surface area contributed by atoms with Crippen molar-refractivity contribution in [1.29, 1.82) is 0 Å². The summed E-state index contributed by atoms with van der Waals surface area (Å²) in [6.07, 6.45) is -1.55. The van der Waals surface area contributed by atoms with E-state index >= 15 is 0 Å². The summed E-state index contributed by atoms with van der Waals surface area (Å²) in [6.45, 7) is 0.244. The van der Waals surface area contributed by atoms with E-state index in [1.807, 2.05) is 16.8 Å². The van der Waals surface area contributed by atoms with E-state index in [2.05, 4.69) is 5.32 Å². The maximum atomic E-state index is 11.3. The normalized spacial score (nSPS) is 29.3. The highest BCUT2D eigenvalue weighted by Gasteiger charge is 2.36. The molecule has 0 amide bonds. The molecular formula is C10H15NO4S2. The molecule has 1 aromatic heterocycles. The lowest BCUT2D eigenvalue weighted by atomic mass is 10.1. The van der Waals surface area contributed by atoms with Gasteiger partial charge >= 0.3 is 0 Å². The molecule has 96 valence electrons. The average molecular weight is 277 g/mol. The topological polar surface area (TPSA) is 86.6 Å². The van der Waals surface area contributed by atoms with Gasteiger partial charge in [0.25, 0.3) is 0 Å². The minimum atomic E-state index is -3.14. The van der Waals surface area contributed by atoms with E-state index in [9.17, 15) is 18.6 Å². The number of hydrogen-bond acceptors (Lipinski definition) is 6. The van der Waals surface area contributed by atoms with Crippen molar-refractivity contribution in [2.45, 2.75) is 18.2 Å². The van der Waals surface area contributed by atoms with E-state index in [0.29, 0.717) is 0 Å². The smallest absolute Gasteiger partial charge is 0.154 e. The summed E-state index contributed by atoms with van der Waals surface area (Å²) in [5, 5.41) is 26.0. The first-order valence-corrected chi connectivity index (χ1v) is 8.06. The summed E-state index contributed by atoms with van der Waals surface area (Å²) in [4.78, 5) is 0. The second kappa shape index (κ2) is 5.03. The van der Waals surface area contributed by atoms with Crippen molar-refractivity contribution in [1.82, 2.24) is 5.32 Å². The van der Waals surface area contributed by atoms with Gasteiger partial charge in [-0.15, -0.1) is 0 Å². The molecule has 3 atom stereocenters. The van der Waals surface area contributed by atoms with E-state index < -0.39 is 28.1 Å². The van der Waals surface area contributed by atoms with Crippen LogP contribution in [0, 0.1) is 0 Å². The summed E-state index contributed by atoms with van der Waals surface area (Å²) < 4.78 is 22.5. The minimum Gasteiger partial charge on any atom is -0.390 e. The van der Waals surface area contributed by atoms with Gasteiger partial charge in [0.05, 0.1) is 23.7 Å². The third kappa shape index (κ3) is 3.26. The van der Waals surface area contributed by atoms with E-state index in [-0.39, 0.29) is 18.1 Å². The van der Waals surface area contributed by atoms with Crippen LogP contribution >= 0.6 is 11.3 Å². The lowest BCUT2D eigenvalue weighted by Gasteiger charge is -2.17. The van der Waals surface area contributed by atoms with Crippen LogP contribution in [-0.4, -0.2) is 48.8 Å². The molecule has 0 aliphatic carbocycles. The molecule has 0 aromatic carbocycles. The van der Waals surface area contributed by atoms with E-state index in [0.717, 1.165) is 5.56 Å². The molecule has 0 saturated carbocycles. The van der Waals surface area contributed by atoms with Crippen molar-refractivity contribution in [2.75, 3.05) is 18.1 Å². The first kappa shape index (κ1) is 13.0. The summed E-state index contributed by atoms with van der Waals surface area (Å²) in [6, 6.07) is 1.34. The molecule has 7 heteroatoms. The summed E-state index contributed by atoms with van der Waals surface area (Å²) >= 11 is 1.49. The zero-order valence-electron chi connectivity index (χ0n) is 9.11. The van der Waals surface area contributed by atoms with Gasteiger partial charge in [-0.3, -0.25) is 0 Å². The van der Waals surface area contributed by atoms with Crippen LogP contribution in [0.1, 0.15) is 11.7 Å². The molecule has 1 aliphatic heterocycles. The highest BCUT2D eigenvalue weighted by atomic mass is 32.2. The Kier molecular flexibility index (Phi) is 3.84. The number of thiophene rings is 1. The van der Waals surface area contributed by atoms with Crippen molar-refractivity contribution in [3.05, 3.63) is 22.4 Å². The molecule has 0 bridgehead atoms. The SMILES string of the molecule is O=S1(=O)CC(O)C(NCC(O)c2ccsc2)C1. The maximum Gasteiger partial charge on any atom is 0.154 e. The predicted molar refractivity (Wildman–Crippen MR) is 65.7 cm³/mol. The van der Waals surface area contributed by atoms with Crippen molar-refractivity contribution in [3.63, 3.8) is 0 Å². The fourth-order valence-corrected chi connectivity index (χ4v) is 4.35. The van der Waals surface area contributed by atoms with Crippen LogP contribution in [-0.2, 0) is 9.84 Å². The van der Waals surface area contributed by atoms with Gasteiger partial charge in [-0.2, -0.15) is 11.3 Å². The van der Waals surface area contributed by atoms with E-state index in [4.69, 9.17) is 0 Å². The second-order valence-corrected chi connectivity index (χ2v) is 7.17. The van der Waals surface area contributed by atoms with E-state index in [1.54, 1.807) is 0 Å². The van der Waals surface area contributed by atoms with Crippen LogP contribution < -0.4 is 5.32 Å². The number of aliphatic hydroxyl groups excluding tert-OH is 2. The average Bonchev–Trinajstić information content (AvgIpc) is 2.82. The lowest BCUT2D eigenvalue weighted by molar-refractivity contribution is 0.137. The van der Waals surface area contributed by atoms with Crippen LogP contribution in [0.2, 0.25) is 0 Å². The molecule has 0 spiro atoms. The summed E-state index contributed by atoms with van der Waals surface area (Å²) in [7, 11) is -3.14. The number of hydrogen-bond donors (Lipinski definition) is 3. The summed E-state index contributed by atoms with van der Waals surface area (Å²) in [5.74, 6) is -0.260. The zero-order valence-corrected chi connectivity index (χ0v) is 10.7. The quantitative estimate of drug-likeness (QED) is 0.692. The Morgan fingerprint density at radius 3 is 2.82 bits per heavy atom. The van der Waals surface area contributed by atoms with Crippen LogP contribution in [0.15, 0.2) is 16.8 Å². The Morgan fingerprint density at radius 1 is 1.53 bits per heavy atom. The van der Waals surface area contributed by atoms with Crippen molar-refractivity contribution in [2.24, 2.45) is 0 Å². The van der Waals surface area contributed by atoms with Crippen LogP contribution in [0.3, 0.4) is 0 Å². The van der Waals surface area contributed by atoms with Crippen LogP contribution in [0.4, 0.5) is 0 Å². The highest BCUT2D eigenvalue weighted by Crippen LogP contribution is 2.17. The molecule has 1 saturated heterocycles. The van der Waals surface area contributed by atoms with Gasteiger partial charge in [-0.25, -0.2) is 8.42 Å². The maximum absolute atomic E-state index is 11.3. The molecular weight excluding hydrogens is 262 g/mol. The third-order valence-corrected chi connectivity index (χ3v) is 5.24. The Bertz CT molecular complexity index is 457. The Balaban J connectivity index is 1.87. The highest BCUT2D eigenvalue weighted by molar-refractivity contribution is 7.91. The molecule has 17 heavy (non-hydrogen) atoms. The third-order valence-electron chi connectivity index (χ3n) is 2.82. The minimum absolute atomic E-state index is 0.0650. The Hall–Kier alpha value is -0.470. The van der Waals surface area contributed by atoms with Crippen molar-refractivity contribution >= 4 is 21.2 Å². The van der Waals surface area contributed by atoms with Crippen molar-refractivity contribution < 1.29 is 18.6 Å². The molecule has 2 rings (SSSR count). The molecule has 1 fully saturated rings. The van der Waals surface area contributed by atoms with Gasteiger partial charge < -0.3 is 15.5 Å². The molecule has 1 aliphatic rings. The fourth-order valence-electron chi connectivity index (χ4n) is 1.87. The monoisotopic (exact) mass is 277 g/mol. The molecule has 3 N–H and O–H groups in total. The number of nitrogens with one attached hydrogen (secondary N) is 1. The molecule has 1 aromatic rings. The van der Waals surface area contributed by atoms with Crippen LogP contribution in [0.25, 0.3) is 0 Å². The standard InChI is InChI=1S/C10H15NO4S2/c12-9(7-1-2-16-4-7)3-11-8-5-17(14,15)6-10(8)13/h1-2,4,8-13H,3,5-6H2. The first-order chi connectivity index (χ1) is 7.98. The van der Waals surface area contributed by atoms with E-state index in [1.165, 1.54) is 11.3 Å². The predicted octanol–water partition coefficient (Wildman–Crippen LogP) is -0.471. The Morgan fingerprint density at radius 2 is 2.29 bits per heavy atom. The van der Waals surface area contributed by atoms with Gasteiger partial charge in [0.15, 0.2) is 9.84 Å².